The highest BCUT2D eigenvalue weighted by atomic mass is 32.2. The number of hydrogen-bond acceptors (Lipinski definition) is 3. The maximum absolute atomic E-state index is 12.1. The number of ketones is 1. The number of hydrogen-bond donors (Lipinski definition) is 0. The van der Waals surface area contributed by atoms with Crippen LogP contribution in [0.5, 0.6) is 0 Å². The molecule has 0 aromatic heterocycles. The molecular weight excluding hydrogens is 212 g/mol. The maximum atomic E-state index is 12.1. The normalized spacial score (nSPS) is 44.8. The van der Waals surface area contributed by atoms with E-state index in [1.807, 2.05) is 6.92 Å². The fourth-order valence-corrected chi connectivity index (χ4v) is 5.45. The molecule has 4 heteroatoms. The van der Waals surface area contributed by atoms with E-state index in [4.69, 9.17) is 0 Å². The number of fused-ring (bicyclic) bond motifs is 1. The summed E-state index contributed by atoms with van der Waals surface area (Å²) in [5, 5.41) is -0.879. The molecule has 0 unspecified atom stereocenters. The van der Waals surface area contributed by atoms with Crippen molar-refractivity contribution in [1.29, 1.82) is 0 Å². The van der Waals surface area contributed by atoms with Crippen LogP contribution in [0.4, 0.5) is 0 Å². The van der Waals surface area contributed by atoms with Gasteiger partial charge in [0, 0.05) is 11.8 Å². The van der Waals surface area contributed by atoms with E-state index in [-0.39, 0.29) is 12.2 Å². The second-order valence-electron chi connectivity index (χ2n) is 5.18. The number of carbonyl (C=O) groups is 1. The molecule has 0 radical (unpaired) electrons. The van der Waals surface area contributed by atoms with E-state index in [0.717, 1.165) is 19.3 Å². The van der Waals surface area contributed by atoms with Crippen molar-refractivity contribution in [3.8, 4) is 0 Å². The summed E-state index contributed by atoms with van der Waals surface area (Å²) in [7, 11) is -3.07. The zero-order chi connectivity index (χ0) is 11.3. The van der Waals surface area contributed by atoms with Gasteiger partial charge in [-0.3, -0.25) is 4.79 Å². The Morgan fingerprint density at radius 3 is 2.67 bits per heavy atom. The molecule has 2 rings (SSSR count). The van der Waals surface area contributed by atoms with Gasteiger partial charge < -0.3 is 0 Å². The minimum Gasteiger partial charge on any atom is -0.299 e. The average molecular weight is 230 g/mol. The van der Waals surface area contributed by atoms with Crippen LogP contribution in [-0.4, -0.2) is 24.7 Å². The highest BCUT2D eigenvalue weighted by molar-refractivity contribution is 7.92. The van der Waals surface area contributed by atoms with Gasteiger partial charge in [-0.2, -0.15) is 0 Å². The quantitative estimate of drug-likeness (QED) is 0.636. The lowest BCUT2D eigenvalue weighted by Gasteiger charge is -2.44. The van der Waals surface area contributed by atoms with Gasteiger partial charge >= 0.3 is 0 Å². The molecule has 3 atom stereocenters. The Morgan fingerprint density at radius 1 is 1.33 bits per heavy atom. The lowest BCUT2D eigenvalue weighted by atomic mass is 9.71. The summed E-state index contributed by atoms with van der Waals surface area (Å²) in [6.45, 7) is 3.52. The van der Waals surface area contributed by atoms with E-state index in [2.05, 4.69) is 0 Å². The first kappa shape index (κ1) is 11.1. The Hall–Kier alpha value is -0.380. The molecule has 0 aromatic rings. The predicted octanol–water partition coefficient (Wildman–Crippen LogP) is 1.71. The summed E-state index contributed by atoms with van der Waals surface area (Å²) in [6, 6.07) is 0. The van der Waals surface area contributed by atoms with E-state index in [1.165, 1.54) is 0 Å². The van der Waals surface area contributed by atoms with Crippen molar-refractivity contribution >= 4 is 15.6 Å². The predicted molar refractivity (Wildman–Crippen MR) is 58.4 cm³/mol. The van der Waals surface area contributed by atoms with Crippen LogP contribution in [0.15, 0.2) is 0 Å². The maximum Gasteiger partial charge on any atom is 0.157 e. The summed E-state index contributed by atoms with van der Waals surface area (Å²) in [6.07, 6.45) is 3.58. The first-order valence-corrected chi connectivity index (χ1v) is 7.26. The molecule has 1 aliphatic carbocycles. The minimum atomic E-state index is -3.07. The standard InChI is InChI=1S/C11H18O3S/c1-8-7-9(12)11(2)6-4-3-5-10(11)15(8,13)14/h8,10H,3-7H2,1-2H3/t8-,10-,11-/m1/s1. The molecule has 2 aliphatic rings. The van der Waals surface area contributed by atoms with Gasteiger partial charge in [-0.05, 0) is 19.8 Å². The van der Waals surface area contributed by atoms with Crippen LogP contribution in [0.1, 0.15) is 46.0 Å². The third-order valence-corrected chi connectivity index (χ3v) is 7.03. The molecular formula is C11H18O3S. The number of carbonyl (C=O) groups excluding carboxylic acids is 1. The lowest BCUT2D eigenvalue weighted by Crippen LogP contribution is -2.54. The van der Waals surface area contributed by atoms with Crippen LogP contribution in [0.25, 0.3) is 0 Å². The Kier molecular flexibility index (Phi) is 2.45. The van der Waals surface area contributed by atoms with Gasteiger partial charge in [-0.25, -0.2) is 8.42 Å². The SMILES string of the molecule is C[C@@H]1CC(=O)[C@@]2(C)CCCC[C@H]2S1(=O)=O. The third kappa shape index (κ3) is 1.45. The Bertz CT molecular complexity index is 385. The molecule has 0 N–H and O–H groups in total. The average Bonchev–Trinajstić information content (AvgIpc) is 2.16. The van der Waals surface area contributed by atoms with Crippen molar-refractivity contribution in [2.75, 3.05) is 0 Å². The zero-order valence-corrected chi connectivity index (χ0v) is 10.1. The van der Waals surface area contributed by atoms with Gasteiger partial charge in [-0.1, -0.05) is 19.8 Å². The molecule has 0 bridgehead atoms. The van der Waals surface area contributed by atoms with Crippen LogP contribution in [-0.2, 0) is 14.6 Å². The van der Waals surface area contributed by atoms with Crippen molar-refractivity contribution in [2.45, 2.75) is 56.5 Å². The van der Waals surface area contributed by atoms with Crippen molar-refractivity contribution in [2.24, 2.45) is 5.41 Å². The van der Waals surface area contributed by atoms with Crippen LogP contribution in [0.2, 0.25) is 0 Å². The monoisotopic (exact) mass is 230 g/mol. The van der Waals surface area contributed by atoms with Gasteiger partial charge in [0.15, 0.2) is 9.84 Å². The summed E-state index contributed by atoms with van der Waals surface area (Å²) in [4.78, 5) is 12.0. The zero-order valence-electron chi connectivity index (χ0n) is 9.32. The molecule has 86 valence electrons. The Balaban J connectivity index is 2.46. The largest absolute Gasteiger partial charge is 0.299 e. The molecule has 1 heterocycles. The van der Waals surface area contributed by atoms with Crippen LogP contribution in [0, 0.1) is 5.41 Å². The van der Waals surface area contributed by atoms with Gasteiger partial charge in [0.25, 0.3) is 0 Å². The molecule has 3 nitrogen and oxygen atoms in total. The van der Waals surface area contributed by atoms with E-state index < -0.39 is 25.8 Å². The van der Waals surface area contributed by atoms with Gasteiger partial charge in [0.2, 0.25) is 0 Å². The Morgan fingerprint density at radius 2 is 2.00 bits per heavy atom. The van der Waals surface area contributed by atoms with Crippen molar-refractivity contribution in [3.63, 3.8) is 0 Å². The molecule has 2 fully saturated rings. The Labute approximate surface area is 91.2 Å². The van der Waals surface area contributed by atoms with E-state index in [9.17, 15) is 13.2 Å². The number of Topliss-reactive ketones (excluding diaryl/α,β-unsaturated/α-hetero) is 1. The smallest absolute Gasteiger partial charge is 0.157 e. The molecule has 0 aromatic carbocycles. The molecule has 15 heavy (non-hydrogen) atoms. The minimum absolute atomic E-state index is 0.162. The number of rotatable bonds is 0. The van der Waals surface area contributed by atoms with Crippen molar-refractivity contribution in [1.82, 2.24) is 0 Å². The topological polar surface area (TPSA) is 51.2 Å². The van der Waals surface area contributed by atoms with Gasteiger partial charge in [-0.15, -0.1) is 0 Å². The van der Waals surface area contributed by atoms with Crippen molar-refractivity contribution < 1.29 is 13.2 Å². The highest BCUT2D eigenvalue weighted by Gasteiger charge is 2.54. The van der Waals surface area contributed by atoms with Crippen LogP contribution >= 0.6 is 0 Å². The first-order chi connectivity index (χ1) is 6.89. The van der Waals surface area contributed by atoms with Gasteiger partial charge in [0.1, 0.15) is 5.78 Å². The highest BCUT2D eigenvalue weighted by Crippen LogP contribution is 2.46. The van der Waals surface area contributed by atoms with Crippen LogP contribution in [0.3, 0.4) is 0 Å². The molecule has 1 saturated carbocycles. The van der Waals surface area contributed by atoms with Crippen LogP contribution < -0.4 is 0 Å². The molecule has 1 saturated heterocycles. The third-order valence-electron chi connectivity index (χ3n) is 4.19. The molecule has 1 aliphatic heterocycles. The fourth-order valence-electron chi connectivity index (χ4n) is 3.04. The van der Waals surface area contributed by atoms with E-state index >= 15 is 0 Å². The number of sulfone groups is 1. The van der Waals surface area contributed by atoms with Crippen molar-refractivity contribution in [3.05, 3.63) is 0 Å². The molecule has 0 spiro atoms. The molecule has 0 amide bonds. The second kappa shape index (κ2) is 3.30. The summed E-state index contributed by atoms with van der Waals surface area (Å²) in [5.74, 6) is 0.162. The van der Waals surface area contributed by atoms with E-state index in [0.29, 0.717) is 6.42 Å². The summed E-state index contributed by atoms with van der Waals surface area (Å²) < 4.78 is 24.3. The lowest BCUT2D eigenvalue weighted by molar-refractivity contribution is -0.130. The second-order valence-corrected chi connectivity index (χ2v) is 7.73. The van der Waals surface area contributed by atoms with E-state index in [1.54, 1.807) is 6.92 Å². The van der Waals surface area contributed by atoms with Gasteiger partial charge in [0.05, 0.1) is 10.5 Å². The fraction of sp³-hybridized carbons (Fsp3) is 0.909. The summed E-state index contributed by atoms with van der Waals surface area (Å²) in [5.41, 5.74) is -0.580. The first-order valence-electron chi connectivity index (χ1n) is 5.65. The summed E-state index contributed by atoms with van der Waals surface area (Å²) >= 11 is 0.